The number of aromatic carboxylic acids is 1. The SMILES string of the molecule is CC1(CNCc2cccc([N+](=O)[O-])c2C(=O)O)CCCS1. The molecule has 0 aromatic heterocycles. The van der Waals surface area contributed by atoms with Crippen molar-refractivity contribution in [3.63, 3.8) is 0 Å². The highest BCUT2D eigenvalue weighted by molar-refractivity contribution is 8.00. The second-order valence-electron chi connectivity index (χ2n) is 5.38. The molecule has 0 radical (unpaired) electrons. The zero-order valence-electron chi connectivity index (χ0n) is 11.8. The lowest BCUT2D eigenvalue weighted by Gasteiger charge is -2.23. The van der Waals surface area contributed by atoms with Crippen LogP contribution in [0.5, 0.6) is 0 Å². The normalized spacial score (nSPS) is 21.4. The van der Waals surface area contributed by atoms with Gasteiger partial charge in [-0.1, -0.05) is 12.1 Å². The van der Waals surface area contributed by atoms with Gasteiger partial charge in [0.05, 0.1) is 4.92 Å². The van der Waals surface area contributed by atoms with E-state index in [0.717, 1.165) is 18.7 Å². The number of nitro groups is 1. The number of hydrogen-bond acceptors (Lipinski definition) is 5. The Hall–Kier alpha value is -1.60. The Morgan fingerprint density at radius 1 is 1.57 bits per heavy atom. The average Bonchev–Trinajstić information content (AvgIpc) is 2.85. The summed E-state index contributed by atoms with van der Waals surface area (Å²) in [5, 5.41) is 23.4. The van der Waals surface area contributed by atoms with Crippen molar-refractivity contribution in [1.29, 1.82) is 0 Å². The third-order valence-electron chi connectivity index (χ3n) is 3.65. The van der Waals surface area contributed by atoms with Crippen LogP contribution >= 0.6 is 11.8 Å². The second-order valence-corrected chi connectivity index (χ2v) is 7.06. The van der Waals surface area contributed by atoms with Crippen LogP contribution < -0.4 is 5.32 Å². The summed E-state index contributed by atoms with van der Waals surface area (Å²) >= 11 is 1.91. The molecule has 1 heterocycles. The lowest BCUT2D eigenvalue weighted by Crippen LogP contribution is -2.32. The van der Waals surface area contributed by atoms with E-state index in [2.05, 4.69) is 12.2 Å². The van der Waals surface area contributed by atoms with Crippen molar-refractivity contribution in [3.8, 4) is 0 Å². The Labute approximate surface area is 127 Å². The maximum absolute atomic E-state index is 11.3. The van der Waals surface area contributed by atoms with Crippen molar-refractivity contribution < 1.29 is 14.8 Å². The fraction of sp³-hybridized carbons (Fsp3) is 0.500. The van der Waals surface area contributed by atoms with Gasteiger partial charge in [0.1, 0.15) is 5.56 Å². The van der Waals surface area contributed by atoms with Gasteiger partial charge in [-0.05, 0) is 31.1 Å². The predicted octanol–water partition coefficient (Wildman–Crippen LogP) is 2.67. The summed E-state index contributed by atoms with van der Waals surface area (Å²) in [6.45, 7) is 3.27. The number of benzene rings is 1. The molecule has 114 valence electrons. The van der Waals surface area contributed by atoms with Gasteiger partial charge >= 0.3 is 5.97 Å². The number of carbonyl (C=O) groups is 1. The van der Waals surface area contributed by atoms with Crippen LogP contribution in [-0.2, 0) is 6.54 Å². The molecule has 0 saturated carbocycles. The monoisotopic (exact) mass is 310 g/mol. The Balaban J connectivity index is 2.11. The summed E-state index contributed by atoms with van der Waals surface area (Å²) < 4.78 is 0.171. The topological polar surface area (TPSA) is 92.5 Å². The molecule has 1 aliphatic heterocycles. The molecule has 1 aromatic rings. The van der Waals surface area contributed by atoms with Gasteiger partial charge in [0.2, 0.25) is 0 Å². The molecular weight excluding hydrogens is 292 g/mol. The van der Waals surface area contributed by atoms with Crippen molar-refractivity contribution in [1.82, 2.24) is 5.32 Å². The van der Waals surface area contributed by atoms with Crippen molar-refractivity contribution in [3.05, 3.63) is 39.4 Å². The number of carboxylic acid groups (broad SMARTS) is 1. The van der Waals surface area contributed by atoms with Crippen LogP contribution in [0.2, 0.25) is 0 Å². The first-order chi connectivity index (χ1) is 9.93. The molecular formula is C14H18N2O4S. The first-order valence-electron chi connectivity index (χ1n) is 6.77. The van der Waals surface area contributed by atoms with Gasteiger partial charge in [-0.25, -0.2) is 4.79 Å². The van der Waals surface area contributed by atoms with Gasteiger partial charge in [-0.15, -0.1) is 0 Å². The first-order valence-corrected chi connectivity index (χ1v) is 7.76. The van der Waals surface area contributed by atoms with E-state index in [1.165, 1.54) is 18.6 Å². The zero-order valence-corrected chi connectivity index (χ0v) is 12.6. The van der Waals surface area contributed by atoms with E-state index in [1.54, 1.807) is 6.07 Å². The minimum absolute atomic E-state index is 0.171. The molecule has 1 aliphatic rings. The predicted molar refractivity (Wildman–Crippen MR) is 81.9 cm³/mol. The highest BCUT2D eigenvalue weighted by Crippen LogP contribution is 2.37. The van der Waals surface area contributed by atoms with E-state index >= 15 is 0 Å². The Kier molecular flexibility index (Phi) is 4.84. The summed E-state index contributed by atoms with van der Waals surface area (Å²) in [5.41, 5.74) is -0.134. The van der Waals surface area contributed by atoms with Crippen LogP contribution in [0, 0.1) is 10.1 Å². The van der Waals surface area contributed by atoms with Crippen LogP contribution in [0.15, 0.2) is 18.2 Å². The molecule has 1 unspecified atom stereocenters. The molecule has 0 spiro atoms. The van der Waals surface area contributed by atoms with Crippen molar-refractivity contribution in [2.45, 2.75) is 31.1 Å². The van der Waals surface area contributed by atoms with Gasteiger partial charge < -0.3 is 10.4 Å². The molecule has 1 aromatic carbocycles. The number of nitro benzene ring substituents is 1. The Morgan fingerprint density at radius 3 is 2.90 bits per heavy atom. The molecule has 1 saturated heterocycles. The van der Waals surface area contributed by atoms with Gasteiger partial charge in [-0.3, -0.25) is 10.1 Å². The zero-order chi connectivity index (χ0) is 15.5. The van der Waals surface area contributed by atoms with Crippen LogP contribution in [-0.4, -0.2) is 33.0 Å². The average molecular weight is 310 g/mol. The Bertz CT molecular complexity index is 556. The van der Waals surface area contributed by atoms with Crippen LogP contribution in [0.4, 0.5) is 5.69 Å². The first kappa shape index (κ1) is 15.8. The maximum Gasteiger partial charge on any atom is 0.343 e. The molecule has 2 rings (SSSR count). The number of rotatable bonds is 6. The smallest absolute Gasteiger partial charge is 0.343 e. The fourth-order valence-electron chi connectivity index (χ4n) is 2.57. The quantitative estimate of drug-likeness (QED) is 0.620. The van der Waals surface area contributed by atoms with Crippen molar-refractivity contribution >= 4 is 23.4 Å². The molecule has 0 bridgehead atoms. The minimum atomic E-state index is -1.26. The molecule has 1 atom stereocenters. The largest absolute Gasteiger partial charge is 0.477 e. The number of nitrogens with zero attached hydrogens (tertiary/aromatic N) is 1. The second kappa shape index (κ2) is 6.44. The Morgan fingerprint density at radius 2 is 2.33 bits per heavy atom. The third-order valence-corrected chi connectivity index (χ3v) is 5.19. The highest BCUT2D eigenvalue weighted by Gasteiger charge is 2.29. The van der Waals surface area contributed by atoms with E-state index in [0.29, 0.717) is 12.1 Å². The highest BCUT2D eigenvalue weighted by atomic mass is 32.2. The molecule has 0 amide bonds. The number of carboxylic acids is 1. The van der Waals surface area contributed by atoms with E-state index in [1.807, 2.05) is 11.8 Å². The minimum Gasteiger partial charge on any atom is -0.477 e. The van der Waals surface area contributed by atoms with Gasteiger partial charge in [0.15, 0.2) is 0 Å². The third kappa shape index (κ3) is 3.74. The molecule has 21 heavy (non-hydrogen) atoms. The molecule has 2 N–H and O–H groups in total. The number of nitrogens with one attached hydrogen (secondary N) is 1. The summed E-state index contributed by atoms with van der Waals surface area (Å²) in [7, 11) is 0. The number of thioether (sulfide) groups is 1. The van der Waals surface area contributed by atoms with Crippen molar-refractivity contribution in [2.24, 2.45) is 0 Å². The van der Waals surface area contributed by atoms with E-state index < -0.39 is 10.9 Å². The molecule has 7 heteroatoms. The molecule has 1 fully saturated rings. The summed E-state index contributed by atoms with van der Waals surface area (Å²) in [6, 6.07) is 4.36. The lowest BCUT2D eigenvalue weighted by atomic mass is 10.0. The summed E-state index contributed by atoms with van der Waals surface area (Å²) in [4.78, 5) is 21.6. The summed E-state index contributed by atoms with van der Waals surface area (Å²) in [5.74, 6) is -0.115. The standard InChI is InChI=1S/C14H18N2O4S/c1-14(6-3-7-21-14)9-15-8-10-4-2-5-11(16(19)20)12(10)13(17)18/h2,4-5,15H,3,6-9H2,1H3,(H,17,18). The van der Waals surface area contributed by atoms with Crippen molar-refractivity contribution in [2.75, 3.05) is 12.3 Å². The van der Waals surface area contributed by atoms with E-state index in [4.69, 9.17) is 0 Å². The molecule has 0 aliphatic carbocycles. The van der Waals surface area contributed by atoms with Crippen LogP contribution in [0.3, 0.4) is 0 Å². The molecule has 6 nitrogen and oxygen atoms in total. The lowest BCUT2D eigenvalue weighted by molar-refractivity contribution is -0.385. The maximum atomic E-state index is 11.3. The van der Waals surface area contributed by atoms with E-state index in [-0.39, 0.29) is 16.0 Å². The van der Waals surface area contributed by atoms with Crippen LogP contribution in [0.25, 0.3) is 0 Å². The fourth-order valence-corrected chi connectivity index (χ4v) is 3.85. The number of hydrogen-bond donors (Lipinski definition) is 2. The van der Waals surface area contributed by atoms with E-state index in [9.17, 15) is 20.0 Å². The van der Waals surface area contributed by atoms with Gasteiger partial charge in [0, 0.05) is 23.9 Å². The van der Waals surface area contributed by atoms with Gasteiger partial charge in [-0.2, -0.15) is 11.8 Å². The van der Waals surface area contributed by atoms with Gasteiger partial charge in [0.25, 0.3) is 5.69 Å². The summed E-state index contributed by atoms with van der Waals surface area (Å²) in [6.07, 6.45) is 2.32. The van der Waals surface area contributed by atoms with Crippen LogP contribution in [0.1, 0.15) is 35.7 Å².